The Morgan fingerprint density at radius 3 is 2.78 bits per heavy atom. The number of benzene rings is 1. The molecule has 4 heteroatoms. The first-order valence-electron chi connectivity index (χ1n) is 6.39. The number of carbonyl (C=O) groups is 1. The van der Waals surface area contributed by atoms with Crippen molar-refractivity contribution in [3.05, 3.63) is 23.8 Å². The van der Waals surface area contributed by atoms with E-state index in [1.54, 1.807) is 0 Å². The normalized spacial score (nSPS) is 16.8. The van der Waals surface area contributed by atoms with Gasteiger partial charge in [-0.25, -0.2) is 0 Å². The summed E-state index contributed by atoms with van der Waals surface area (Å²) < 4.78 is 5.53. The van der Waals surface area contributed by atoms with Gasteiger partial charge in [-0.1, -0.05) is 6.07 Å². The Morgan fingerprint density at radius 1 is 1.50 bits per heavy atom. The van der Waals surface area contributed by atoms with Gasteiger partial charge in [0.2, 0.25) is 5.91 Å². The maximum Gasteiger partial charge on any atom is 0.244 e. The number of hydrogen-bond acceptors (Lipinski definition) is 3. The zero-order chi connectivity index (χ0) is 13.2. The summed E-state index contributed by atoms with van der Waals surface area (Å²) in [7, 11) is 0. The van der Waals surface area contributed by atoms with Crippen molar-refractivity contribution in [1.29, 1.82) is 0 Å². The molecule has 4 nitrogen and oxygen atoms in total. The maximum absolute atomic E-state index is 12.1. The van der Waals surface area contributed by atoms with Crippen molar-refractivity contribution in [3.63, 3.8) is 0 Å². The molecule has 1 aromatic rings. The van der Waals surface area contributed by atoms with E-state index in [2.05, 4.69) is 5.32 Å². The smallest absolute Gasteiger partial charge is 0.244 e. The van der Waals surface area contributed by atoms with Crippen molar-refractivity contribution in [3.8, 4) is 5.75 Å². The summed E-state index contributed by atoms with van der Waals surface area (Å²) in [5, 5.41) is 2.88. The Hall–Kier alpha value is -1.55. The van der Waals surface area contributed by atoms with Crippen LogP contribution in [-0.4, -0.2) is 18.1 Å². The van der Waals surface area contributed by atoms with Gasteiger partial charge in [0.05, 0.1) is 17.8 Å². The summed E-state index contributed by atoms with van der Waals surface area (Å²) in [5.74, 6) is 0.590. The predicted octanol–water partition coefficient (Wildman–Crippen LogP) is 2.21. The van der Waals surface area contributed by atoms with Crippen LogP contribution in [0.3, 0.4) is 0 Å². The van der Waals surface area contributed by atoms with Gasteiger partial charge in [-0.2, -0.15) is 0 Å². The minimum atomic E-state index is -0.686. The number of rotatable bonds is 4. The highest BCUT2D eigenvalue weighted by Gasteiger charge is 2.40. The van der Waals surface area contributed by atoms with Crippen molar-refractivity contribution in [1.82, 2.24) is 0 Å². The summed E-state index contributed by atoms with van der Waals surface area (Å²) in [6, 6.07) is 5.73. The lowest BCUT2D eigenvalue weighted by atomic mass is 9.77. The molecule has 98 valence electrons. The Balaban J connectivity index is 2.15. The molecule has 0 aliphatic heterocycles. The largest absolute Gasteiger partial charge is 0.492 e. The number of amides is 1. The Kier molecular flexibility index (Phi) is 3.57. The highest BCUT2D eigenvalue weighted by molar-refractivity contribution is 5.99. The molecule has 3 N–H and O–H groups in total. The molecule has 1 aliphatic rings. The molecule has 0 saturated heterocycles. The lowest BCUT2D eigenvalue weighted by molar-refractivity contribution is -0.123. The van der Waals surface area contributed by atoms with Crippen molar-refractivity contribution < 1.29 is 9.53 Å². The first-order chi connectivity index (χ1) is 8.55. The molecule has 2 rings (SSSR count). The molecule has 1 aliphatic carbocycles. The molecule has 0 aromatic heterocycles. The van der Waals surface area contributed by atoms with Crippen LogP contribution < -0.4 is 15.8 Å². The number of nitrogens with one attached hydrogen (secondary N) is 1. The van der Waals surface area contributed by atoms with E-state index in [4.69, 9.17) is 10.5 Å². The number of aryl methyl sites for hydroxylation is 1. The van der Waals surface area contributed by atoms with Crippen LogP contribution in [0.15, 0.2) is 18.2 Å². The second-order valence-corrected chi connectivity index (χ2v) is 4.90. The lowest BCUT2D eigenvalue weighted by Crippen LogP contribution is -2.56. The van der Waals surface area contributed by atoms with E-state index < -0.39 is 5.54 Å². The lowest BCUT2D eigenvalue weighted by Gasteiger charge is -2.36. The van der Waals surface area contributed by atoms with Crippen LogP contribution in [0.2, 0.25) is 0 Å². The highest BCUT2D eigenvalue weighted by atomic mass is 16.5. The number of nitrogens with two attached hydrogens (primary N) is 1. The molecule has 18 heavy (non-hydrogen) atoms. The van der Waals surface area contributed by atoms with Crippen LogP contribution in [-0.2, 0) is 4.79 Å². The van der Waals surface area contributed by atoms with E-state index in [1.165, 1.54) is 0 Å². The molecule has 0 unspecified atom stereocenters. The van der Waals surface area contributed by atoms with Crippen molar-refractivity contribution in [2.75, 3.05) is 11.9 Å². The second kappa shape index (κ2) is 4.98. The topological polar surface area (TPSA) is 64.3 Å². The van der Waals surface area contributed by atoms with E-state index >= 15 is 0 Å². The first-order valence-corrected chi connectivity index (χ1v) is 6.39. The molecular formula is C14H20N2O2. The Bertz CT molecular complexity index is 453. The van der Waals surface area contributed by atoms with Gasteiger partial charge in [-0.3, -0.25) is 4.79 Å². The van der Waals surface area contributed by atoms with Gasteiger partial charge in [0.25, 0.3) is 0 Å². The summed E-state index contributed by atoms with van der Waals surface area (Å²) in [4.78, 5) is 12.1. The molecule has 1 amide bonds. The number of carbonyl (C=O) groups excluding carboxylic acids is 1. The summed E-state index contributed by atoms with van der Waals surface area (Å²) >= 11 is 0. The zero-order valence-corrected chi connectivity index (χ0v) is 11.0. The van der Waals surface area contributed by atoms with Crippen molar-refractivity contribution in [2.24, 2.45) is 5.73 Å². The summed E-state index contributed by atoms with van der Waals surface area (Å²) in [6.45, 7) is 4.48. The van der Waals surface area contributed by atoms with Crippen LogP contribution in [0.25, 0.3) is 0 Å². The predicted molar refractivity (Wildman–Crippen MR) is 71.7 cm³/mol. The minimum absolute atomic E-state index is 0.112. The third-order valence-electron chi connectivity index (χ3n) is 3.38. The maximum atomic E-state index is 12.1. The fourth-order valence-electron chi connectivity index (χ4n) is 2.04. The monoisotopic (exact) mass is 248 g/mol. The molecule has 0 heterocycles. The minimum Gasteiger partial charge on any atom is -0.492 e. The molecule has 1 saturated carbocycles. The SMILES string of the molecule is CCOc1cc(C)ccc1NC(=O)C1(N)CCC1. The van der Waals surface area contributed by atoms with E-state index in [-0.39, 0.29) is 5.91 Å². The molecule has 1 fully saturated rings. The first kappa shape index (κ1) is 12.9. The molecule has 1 aromatic carbocycles. The summed E-state index contributed by atoms with van der Waals surface area (Å²) in [6.07, 6.45) is 2.54. The number of ether oxygens (including phenoxy) is 1. The fraction of sp³-hybridized carbons (Fsp3) is 0.500. The zero-order valence-electron chi connectivity index (χ0n) is 11.0. The van der Waals surface area contributed by atoms with E-state index in [0.717, 1.165) is 24.8 Å². The molecule has 0 spiro atoms. The van der Waals surface area contributed by atoms with Gasteiger partial charge >= 0.3 is 0 Å². The fourth-order valence-corrected chi connectivity index (χ4v) is 2.04. The van der Waals surface area contributed by atoms with Crippen LogP contribution >= 0.6 is 0 Å². The third-order valence-corrected chi connectivity index (χ3v) is 3.38. The van der Waals surface area contributed by atoms with Gasteiger partial charge < -0.3 is 15.8 Å². The highest BCUT2D eigenvalue weighted by Crippen LogP contribution is 2.32. The van der Waals surface area contributed by atoms with Crippen LogP contribution in [0.5, 0.6) is 5.75 Å². The summed E-state index contributed by atoms with van der Waals surface area (Å²) in [5.41, 5.74) is 7.11. The molecule has 0 atom stereocenters. The standard InChI is InChI=1S/C14H20N2O2/c1-3-18-12-9-10(2)5-6-11(12)16-13(17)14(15)7-4-8-14/h5-6,9H,3-4,7-8,15H2,1-2H3,(H,16,17). The van der Waals surface area contributed by atoms with E-state index in [0.29, 0.717) is 18.0 Å². The van der Waals surface area contributed by atoms with E-state index in [9.17, 15) is 4.79 Å². The van der Waals surface area contributed by atoms with Gasteiger partial charge in [0, 0.05) is 0 Å². The quantitative estimate of drug-likeness (QED) is 0.858. The third kappa shape index (κ3) is 2.48. The average Bonchev–Trinajstić information content (AvgIpc) is 2.29. The van der Waals surface area contributed by atoms with E-state index in [1.807, 2.05) is 32.0 Å². The van der Waals surface area contributed by atoms with Crippen LogP contribution in [0.1, 0.15) is 31.7 Å². The molecule has 0 bridgehead atoms. The van der Waals surface area contributed by atoms with Crippen molar-refractivity contribution in [2.45, 2.75) is 38.6 Å². The van der Waals surface area contributed by atoms with Gasteiger partial charge in [0.15, 0.2) is 0 Å². The van der Waals surface area contributed by atoms with Crippen LogP contribution in [0.4, 0.5) is 5.69 Å². The Labute approximate surface area is 108 Å². The molecule has 0 radical (unpaired) electrons. The van der Waals surface area contributed by atoms with Gasteiger partial charge in [-0.05, 0) is 50.8 Å². The Morgan fingerprint density at radius 2 is 2.22 bits per heavy atom. The van der Waals surface area contributed by atoms with Crippen LogP contribution in [0, 0.1) is 6.92 Å². The number of hydrogen-bond donors (Lipinski definition) is 2. The molecular weight excluding hydrogens is 228 g/mol. The van der Waals surface area contributed by atoms with Gasteiger partial charge in [0.1, 0.15) is 5.75 Å². The van der Waals surface area contributed by atoms with Crippen molar-refractivity contribution >= 4 is 11.6 Å². The second-order valence-electron chi connectivity index (χ2n) is 4.90. The van der Waals surface area contributed by atoms with Gasteiger partial charge in [-0.15, -0.1) is 0 Å². The average molecular weight is 248 g/mol. The number of anilines is 1.